The highest BCUT2D eigenvalue weighted by Crippen LogP contribution is 2.35. The van der Waals surface area contributed by atoms with E-state index in [0.717, 1.165) is 13.0 Å². The molecule has 0 unspecified atom stereocenters. The Morgan fingerprint density at radius 2 is 1.69 bits per heavy atom. The van der Waals surface area contributed by atoms with Crippen molar-refractivity contribution in [3.8, 4) is 6.07 Å². The zero-order chi connectivity index (χ0) is 12.7. The maximum Gasteiger partial charge on any atom is 0.420 e. The molecule has 0 aromatic carbocycles. The van der Waals surface area contributed by atoms with E-state index in [2.05, 4.69) is 0 Å². The summed E-state index contributed by atoms with van der Waals surface area (Å²) in [7, 11) is 0. The lowest BCUT2D eigenvalue weighted by Gasteiger charge is -2.16. The Balaban J connectivity index is 3.49. The Morgan fingerprint density at radius 1 is 1.19 bits per heavy atom. The van der Waals surface area contributed by atoms with Gasteiger partial charge in [0.2, 0.25) is 11.6 Å². The summed E-state index contributed by atoms with van der Waals surface area (Å²) in [6.45, 7) is 0.729. The quantitative estimate of drug-likeness (QED) is 0.473. The second-order valence-corrected chi connectivity index (χ2v) is 2.96. The number of allylic oxidation sites excluding steroid dienone is 4. The summed E-state index contributed by atoms with van der Waals surface area (Å²) in [6.07, 6.45) is -5.12. The molecular formula is C9H3F4NO2. The molecule has 0 aromatic heterocycles. The summed E-state index contributed by atoms with van der Waals surface area (Å²) in [5.74, 6) is -5.33. The highest BCUT2D eigenvalue weighted by molar-refractivity contribution is 6.26. The van der Waals surface area contributed by atoms with Crippen molar-refractivity contribution in [2.45, 2.75) is 13.1 Å². The average molecular weight is 233 g/mol. The molecule has 3 nitrogen and oxygen atoms in total. The Kier molecular flexibility index (Phi) is 2.69. The Morgan fingerprint density at radius 3 is 2.06 bits per heavy atom. The van der Waals surface area contributed by atoms with E-state index in [9.17, 15) is 27.2 Å². The first-order valence-electron chi connectivity index (χ1n) is 3.89. The predicted octanol–water partition coefficient (Wildman–Crippen LogP) is 1.76. The van der Waals surface area contributed by atoms with Crippen molar-refractivity contribution < 1.29 is 27.2 Å². The van der Waals surface area contributed by atoms with E-state index in [-0.39, 0.29) is 0 Å². The van der Waals surface area contributed by atoms with Crippen molar-refractivity contribution in [2.24, 2.45) is 0 Å². The van der Waals surface area contributed by atoms with Gasteiger partial charge in [0.1, 0.15) is 17.2 Å². The van der Waals surface area contributed by atoms with Crippen molar-refractivity contribution >= 4 is 11.6 Å². The molecule has 0 aliphatic heterocycles. The van der Waals surface area contributed by atoms with E-state index in [0.29, 0.717) is 0 Å². The van der Waals surface area contributed by atoms with Gasteiger partial charge in [-0.1, -0.05) is 0 Å². The Labute approximate surface area is 86.7 Å². The van der Waals surface area contributed by atoms with Crippen molar-refractivity contribution in [3.63, 3.8) is 0 Å². The van der Waals surface area contributed by atoms with Gasteiger partial charge in [0.05, 0.1) is 0 Å². The van der Waals surface area contributed by atoms with Gasteiger partial charge in [-0.15, -0.1) is 0 Å². The molecule has 7 heteroatoms. The van der Waals surface area contributed by atoms with Crippen LogP contribution in [0.15, 0.2) is 22.5 Å². The second kappa shape index (κ2) is 3.56. The number of rotatable bonds is 0. The number of hydrogen-bond donors (Lipinski definition) is 0. The van der Waals surface area contributed by atoms with E-state index < -0.39 is 40.3 Å². The molecule has 0 spiro atoms. The van der Waals surface area contributed by atoms with Crippen LogP contribution in [-0.2, 0) is 9.59 Å². The molecule has 1 rings (SSSR count). The topological polar surface area (TPSA) is 57.9 Å². The number of carbonyl (C=O) groups is 2. The fraction of sp³-hybridized carbons (Fsp3) is 0.222. The molecule has 0 amide bonds. The van der Waals surface area contributed by atoms with Crippen LogP contribution in [0.25, 0.3) is 0 Å². The van der Waals surface area contributed by atoms with Gasteiger partial charge in [0.15, 0.2) is 5.83 Å². The first kappa shape index (κ1) is 12.1. The number of nitriles is 1. The number of ketones is 2. The van der Waals surface area contributed by atoms with E-state index in [1.165, 1.54) is 0 Å². The van der Waals surface area contributed by atoms with Crippen LogP contribution < -0.4 is 0 Å². The first-order chi connectivity index (χ1) is 7.21. The number of hydrogen-bond acceptors (Lipinski definition) is 3. The van der Waals surface area contributed by atoms with Gasteiger partial charge >= 0.3 is 6.18 Å². The molecule has 0 aromatic rings. The number of alkyl halides is 3. The molecule has 16 heavy (non-hydrogen) atoms. The van der Waals surface area contributed by atoms with Gasteiger partial charge in [-0.25, -0.2) is 4.39 Å². The largest absolute Gasteiger partial charge is 0.420 e. The zero-order valence-electron chi connectivity index (χ0n) is 7.78. The lowest BCUT2D eigenvalue weighted by molar-refractivity contribution is -0.130. The van der Waals surface area contributed by atoms with Gasteiger partial charge in [-0.2, -0.15) is 18.4 Å². The minimum atomic E-state index is -5.12. The Hall–Kier alpha value is -1.97. The lowest BCUT2D eigenvalue weighted by Crippen LogP contribution is -2.29. The molecule has 1 aliphatic rings. The maximum absolute atomic E-state index is 13.0. The molecular weight excluding hydrogens is 230 g/mol. The summed E-state index contributed by atoms with van der Waals surface area (Å²) in [6, 6.07) is 1.07. The van der Waals surface area contributed by atoms with Crippen molar-refractivity contribution in [1.82, 2.24) is 0 Å². The second-order valence-electron chi connectivity index (χ2n) is 2.96. The van der Waals surface area contributed by atoms with Crippen LogP contribution in [0.4, 0.5) is 17.6 Å². The molecule has 1 aliphatic carbocycles. The molecule has 84 valence electrons. The Bertz CT molecular complexity index is 491. The van der Waals surface area contributed by atoms with Crippen LogP contribution in [0.2, 0.25) is 0 Å². The summed E-state index contributed by atoms with van der Waals surface area (Å²) < 4.78 is 49.9. The lowest BCUT2D eigenvalue weighted by atomic mass is 9.90. The van der Waals surface area contributed by atoms with Crippen molar-refractivity contribution in [3.05, 3.63) is 22.5 Å². The van der Waals surface area contributed by atoms with Gasteiger partial charge in [0, 0.05) is 5.57 Å². The summed E-state index contributed by atoms with van der Waals surface area (Å²) in [4.78, 5) is 22.1. The third-order valence-electron chi connectivity index (χ3n) is 1.98. The normalized spacial score (nSPS) is 18.0. The number of nitrogens with zero attached hydrogens (tertiary/aromatic N) is 1. The predicted molar refractivity (Wildman–Crippen MR) is 42.5 cm³/mol. The first-order valence-corrected chi connectivity index (χ1v) is 3.89. The minimum Gasteiger partial charge on any atom is -0.288 e. The zero-order valence-corrected chi connectivity index (χ0v) is 7.78. The standard InChI is InChI=1S/C9H3F4NO2/c1-3-5(9(11,12)13)8(16)6(10)4(2-14)7(3)15/h1H3. The van der Waals surface area contributed by atoms with Gasteiger partial charge in [-0.05, 0) is 6.92 Å². The molecule has 0 saturated carbocycles. The van der Waals surface area contributed by atoms with Gasteiger partial charge in [-0.3, -0.25) is 9.59 Å². The highest BCUT2D eigenvalue weighted by atomic mass is 19.4. The van der Waals surface area contributed by atoms with E-state index in [1.807, 2.05) is 0 Å². The summed E-state index contributed by atoms with van der Waals surface area (Å²) >= 11 is 0. The molecule has 0 fully saturated rings. The molecule has 0 radical (unpaired) electrons. The fourth-order valence-corrected chi connectivity index (χ4v) is 1.24. The van der Waals surface area contributed by atoms with Crippen LogP contribution in [-0.4, -0.2) is 17.7 Å². The SMILES string of the molecule is CC1=C(C(F)(F)F)C(=O)C(F)=C(C#N)C1=O. The molecule has 0 saturated heterocycles. The third-order valence-corrected chi connectivity index (χ3v) is 1.98. The van der Waals surface area contributed by atoms with Crippen molar-refractivity contribution in [2.75, 3.05) is 0 Å². The van der Waals surface area contributed by atoms with Crippen LogP contribution in [0, 0.1) is 11.3 Å². The molecule has 0 N–H and O–H groups in total. The van der Waals surface area contributed by atoms with E-state index in [4.69, 9.17) is 5.26 Å². The van der Waals surface area contributed by atoms with Crippen molar-refractivity contribution in [1.29, 1.82) is 5.26 Å². The summed E-state index contributed by atoms with van der Waals surface area (Å²) in [5.41, 5.74) is -4.00. The fourth-order valence-electron chi connectivity index (χ4n) is 1.24. The molecule has 0 heterocycles. The molecule has 0 bridgehead atoms. The number of halogens is 4. The van der Waals surface area contributed by atoms with Crippen LogP contribution in [0.5, 0.6) is 0 Å². The average Bonchev–Trinajstić information content (AvgIpc) is 2.14. The van der Waals surface area contributed by atoms with Crippen LogP contribution in [0.1, 0.15) is 6.92 Å². The van der Waals surface area contributed by atoms with Gasteiger partial charge in [0.25, 0.3) is 0 Å². The van der Waals surface area contributed by atoms with E-state index >= 15 is 0 Å². The minimum absolute atomic E-state index is 0.729. The monoisotopic (exact) mass is 233 g/mol. The number of Topliss-reactive ketones (excluding diaryl/α,β-unsaturated/α-hetero) is 2. The highest BCUT2D eigenvalue weighted by Gasteiger charge is 2.47. The third kappa shape index (κ3) is 1.62. The molecule has 0 atom stereocenters. The van der Waals surface area contributed by atoms with Crippen LogP contribution in [0.3, 0.4) is 0 Å². The van der Waals surface area contributed by atoms with E-state index in [1.54, 1.807) is 0 Å². The number of carbonyl (C=O) groups excluding carboxylic acids is 2. The van der Waals surface area contributed by atoms with Crippen LogP contribution >= 0.6 is 0 Å². The smallest absolute Gasteiger partial charge is 0.288 e. The summed E-state index contributed by atoms with van der Waals surface area (Å²) in [5, 5.41) is 8.33. The van der Waals surface area contributed by atoms with Gasteiger partial charge < -0.3 is 0 Å². The maximum atomic E-state index is 13.0.